The van der Waals surface area contributed by atoms with Crippen LogP contribution in [0.3, 0.4) is 0 Å². The summed E-state index contributed by atoms with van der Waals surface area (Å²) in [4.78, 5) is 21.9. The average Bonchev–Trinajstić information content (AvgIpc) is 2.48. The Bertz CT molecular complexity index is 334. The van der Waals surface area contributed by atoms with Gasteiger partial charge in [0.25, 0.3) is 5.91 Å². The Hall–Kier alpha value is -1.14. The lowest BCUT2D eigenvalue weighted by atomic mass is 9.93. The second-order valence-electron chi connectivity index (χ2n) is 3.88. The first-order valence-corrected chi connectivity index (χ1v) is 4.33. The maximum atomic E-state index is 12.9. The van der Waals surface area contributed by atoms with E-state index in [2.05, 4.69) is 0 Å². The largest absolute Gasteiger partial charge is 0.383 e. The normalized spacial score (nSPS) is 43.7. The number of hydrogen-bond donors (Lipinski definition) is 1. The van der Waals surface area contributed by atoms with Crippen molar-refractivity contribution in [3.05, 3.63) is 0 Å². The van der Waals surface area contributed by atoms with E-state index in [4.69, 9.17) is 0 Å². The van der Waals surface area contributed by atoms with Gasteiger partial charge in [0.15, 0.2) is 0 Å². The summed E-state index contributed by atoms with van der Waals surface area (Å²) in [6.45, 7) is 0. The summed E-state index contributed by atoms with van der Waals surface area (Å²) in [7, 11) is 0. The number of carbonyl (C=O) groups excluding carboxylic acids is 2. The molecular weight excluding hydrogens is 218 g/mol. The molecule has 2 fully saturated rings. The molecule has 0 radical (unpaired) electrons. The zero-order valence-corrected chi connectivity index (χ0v) is 7.40. The van der Waals surface area contributed by atoms with E-state index in [0.717, 1.165) is 0 Å². The number of nitrogens with one attached hydrogen (secondary N) is 1. The SMILES string of the molecule is O=C1NC2(CC(F)C(F)C2)C(=O)C1(F)F. The Kier molecular flexibility index (Phi) is 1.87. The third-order valence-electron chi connectivity index (χ3n) is 2.84. The number of hydrogen-bond acceptors (Lipinski definition) is 2. The summed E-state index contributed by atoms with van der Waals surface area (Å²) in [5, 5.41) is 1.71. The van der Waals surface area contributed by atoms with Crippen molar-refractivity contribution in [1.29, 1.82) is 0 Å². The molecule has 2 unspecified atom stereocenters. The summed E-state index contributed by atoms with van der Waals surface area (Å²) in [5.41, 5.74) is -2.04. The molecule has 84 valence electrons. The summed E-state index contributed by atoms with van der Waals surface area (Å²) in [6.07, 6.45) is -5.39. The Morgan fingerprint density at radius 3 is 1.93 bits per heavy atom. The molecule has 15 heavy (non-hydrogen) atoms. The van der Waals surface area contributed by atoms with Gasteiger partial charge in [-0.1, -0.05) is 0 Å². The van der Waals surface area contributed by atoms with E-state index in [1.54, 1.807) is 5.32 Å². The van der Waals surface area contributed by atoms with Gasteiger partial charge in [-0.25, -0.2) is 8.78 Å². The van der Waals surface area contributed by atoms with E-state index in [0.29, 0.717) is 0 Å². The first-order valence-electron chi connectivity index (χ1n) is 4.33. The topological polar surface area (TPSA) is 46.2 Å². The molecule has 0 aromatic heterocycles. The molecule has 0 aromatic carbocycles. The third kappa shape index (κ3) is 1.18. The van der Waals surface area contributed by atoms with E-state index >= 15 is 0 Å². The molecule has 1 heterocycles. The molecule has 1 saturated carbocycles. The zero-order valence-electron chi connectivity index (χ0n) is 7.40. The fourth-order valence-corrected chi connectivity index (χ4v) is 2.05. The Balaban J connectivity index is 2.34. The lowest BCUT2D eigenvalue weighted by Gasteiger charge is -2.19. The first kappa shape index (κ1) is 10.4. The van der Waals surface area contributed by atoms with Gasteiger partial charge in [0.2, 0.25) is 5.78 Å². The minimum atomic E-state index is -4.16. The van der Waals surface area contributed by atoms with Gasteiger partial charge in [-0.3, -0.25) is 9.59 Å². The minimum absolute atomic E-state index is 0.714. The number of halogens is 4. The number of carbonyl (C=O) groups is 2. The molecule has 0 aromatic rings. The van der Waals surface area contributed by atoms with E-state index in [1.165, 1.54) is 0 Å². The highest BCUT2D eigenvalue weighted by atomic mass is 19.3. The first-order chi connectivity index (χ1) is 6.79. The van der Waals surface area contributed by atoms with Crippen LogP contribution in [0, 0.1) is 0 Å². The molecule has 1 amide bonds. The van der Waals surface area contributed by atoms with Crippen LogP contribution in [0.25, 0.3) is 0 Å². The van der Waals surface area contributed by atoms with Gasteiger partial charge in [-0.15, -0.1) is 0 Å². The summed E-state index contributed by atoms with van der Waals surface area (Å²) in [6, 6.07) is 0. The van der Waals surface area contributed by atoms with Crippen LogP contribution in [-0.2, 0) is 9.59 Å². The van der Waals surface area contributed by atoms with Crippen LogP contribution in [0.1, 0.15) is 12.8 Å². The van der Waals surface area contributed by atoms with Crippen molar-refractivity contribution in [2.45, 2.75) is 36.6 Å². The maximum absolute atomic E-state index is 12.9. The number of amides is 1. The number of Topliss-reactive ketones (excluding diaryl/α,β-unsaturated/α-hetero) is 1. The fraction of sp³-hybridized carbons (Fsp3) is 0.750. The Labute approximate surface area is 81.8 Å². The molecular formula is C8H7F4NO2. The number of alkyl halides is 4. The van der Waals surface area contributed by atoms with Gasteiger partial charge in [0.05, 0.1) is 0 Å². The van der Waals surface area contributed by atoms with Crippen LogP contribution in [0.4, 0.5) is 17.6 Å². The van der Waals surface area contributed by atoms with E-state index in [-0.39, 0.29) is 0 Å². The van der Waals surface area contributed by atoms with Crippen LogP contribution >= 0.6 is 0 Å². The highest BCUT2D eigenvalue weighted by Gasteiger charge is 2.68. The van der Waals surface area contributed by atoms with Gasteiger partial charge in [0, 0.05) is 12.8 Å². The van der Waals surface area contributed by atoms with E-state index in [1.807, 2.05) is 0 Å². The second kappa shape index (κ2) is 2.70. The Morgan fingerprint density at radius 1 is 1.13 bits per heavy atom. The van der Waals surface area contributed by atoms with Crippen molar-refractivity contribution in [2.24, 2.45) is 0 Å². The minimum Gasteiger partial charge on any atom is -0.337 e. The highest BCUT2D eigenvalue weighted by molar-refractivity contribution is 6.18. The summed E-state index contributed by atoms with van der Waals surface area (Å²) in [5.74, 6) is -7.65. The molecule has 1 N–H and O–H groups in total. The van der Waals surface area contributed by atoms with Gasteiger partial charge in [-0.2, -0.15) is 8.78 Å². The van der Waals surface area contributed by atoms with Crippen molar-refractivity contribution in [2.75, 3.05) is 0 Å². The Morgan fingerprint density at radius 2 is 1.60 bits per heavy atom. The van der Waals surface area contributed by atoms with Crippen molar-refractivity contribution < 1.29 is 27.2 Å². The van der Waals surface area contributed by atoms with Crippen LogP contribution in [-0.4, -0.2) is 35.5 Å². The molecule has 1 aliphatic heterocycles. The lowest BCUT2D eigenvalue weighted by molar-refractivity contribution is -0.151. The molecule has 3 nitrogen and oxygen atoms in total. The fourth-order valence-electron chi connectivity index (χ4n) is 2.05. The van der Waals surface area contributed by atoms with Crippen LogP contribution in [0.5, 0.6) is 0 Å². The highest BCUT2D eigenvalue weighted by Crippen LogP contribution is 2.42. The van der Waals surface area contributed by atoms with Crippen molar-refractivity contribution in [1.82, 2.24) is 5.32 Å². The van der Waals surface area contributed by atoms with Gasteiger partial charge in [-0.05, 0) is 0 Å². The van der Waals surface area contributed by atoms with Gasteiger partial charge in [0.1, 0.15) is 17.9 Å². The predicted molar refractivity (Wildman–Crippen MR) is 39.9 cm³/mol. The van der Waals surface area contributed by atoms with Crippen LogP contribution < -0.4 is 5.32 Å². The van der Waals surface area contributed by atoms with Crippen LogP contribution in [0.2, 0.25) is 0 Å². The van der Waals surface area contributed by atoms with Crippen molar-refractivity contribution in [3.63, 3.8) is 0 Å². The molecule has 2 aliphatic rings. The summed E-state index contributed by atoms with van der Waals surface area (Å²) < 4.78 is 51.4. The monoisotopic (exact) mass is 225 g/mol. The molecule has 1 aliphatic carbocycles. The van der Waals surface area contributed by atoms with E-state index in [9.17, 15) is 27.2 Å². The number of ketones is 1. The zero-order chi connectivity index (χ0) is 11.4. The average molecular weight is 225 g/mol. The van der Waals surface area contributed by atoms with Crippen molar-refractivity contribution >= 4 is 11.7 Å². The van der Waals surface area contributed by atoms with E-state index < -0.39 is 48.3 Å². The molecule has 1 saturated heterocycles. The molecule has 1 spiro atoms. The molecule has 7 heteroatoms. The second-order valence-corrected chi connectivity index (χ2v) is 3.88. The summed E-state index contributed by atoms with van der Waals surface area (Å²) >= 11 is 0. The predicted octanol–water partition coefficient (Wildman–Crippen LogP) is 0.529. The number of rotatable bonds is 0. The molecule has 0 bridgehead atoms. The smallest absolute Gasteiger partial charge is 0.337 e. The molecule has 2 atom stereocenters. The van der Waals surface area contributed by atoms with Gasteiger partial charge < -0.3 is 5.32 Å². The van der Waals surface area contributed by atoms with Crippen LogP contribution in [0.15, 0.2) is 0 Å². The third-order valence-corrected chi connectivity index (χ3v) is 2.84. The quantitative estimate of drug-likeness (QED) is 0.483. The van der Waals surface area contributed by atoms with Crippen molar-refractivity contribution in [3.8, 4) is 0 Å². The van der Waals surface area contributed by atoms with Gasteiger partial charge >= 0.3 is 5.92 Å². The molecule has 2 rings (SSSR count). The lowest BCUT2D eigenvalue weighted by Crippen LogP contribution is -2.45. The maximum Gasteiger partial charge on any atom is 0.383 e. The standard InChI is InChI=1S/C8H7F4NO2/c9-3-1-7(2-4(3)10)5(14)8(11,12)6(15)13-7/h3-4H,1-2H2,(H,13,15).